The quantitative estimate of drug-likeness (QED) is 0.695. The molecule has 2 N–H and O–H groups in total. The Hall–Kier alpha value is -1.26. The summed E-state index contributed by atoms with van der Waals surface area (Å²) in [7, 11) is 1.51. The molecule has 0 fully saturated rings. The number of hydrogen-bond donors (Lipinski definition) is 2. The number of rotatable bonds is 7. The summed E-state index contributed by atoms with van der Waals surface area (Å²) >= 11 is 0. The van der Waals surface area contributed by atoms with Gasteiger partial charge in [0.15, 0.2) is 11.5 Å². The van der Waals surface area contributed by atoms with E-state index in [0.29, 0.717) is 19.0 Å². The minimum Gasteiger partial charge on any atom is -0.504 e. The summed E-state index contributed by atoms with van der Waals surface area (Å²) in [6.07, 6.45) is 1.62. The number of phenols is 1. The van der Waals surface area contributed by atoms with E-state index in [9.17, 15) is 5.11 Å². The molecule has 1 aromatic carbocycles. The van der Waals surface area contributed by atoms with Crippen LogP contribution in [0.2, 0.25) is 0 Å². The van der Waals surface area contributed by atoms with Gasteiger partial charge in [-0.2, -0.15) is 0 Å². The number of unbranched alkanes of at least 4 members (excludes halogenated alkanes) is 1. The molecule has 0 radical (unpaired) electrons. The van der Waals surface area contributed by atoms with Crippen LogP contribution in [0.5, 0.6) is 11.5 Å². The molecular weight excluding hydrogens is 208 g/mol. The Bertz CT molecular complexity index is 312. The highest BCUT2D eigenvalue weighted by molar-refractivity contribution is 5.41. The Balaban J connectivity index is 2.36. The molecule has 4 heteroatoms. The van der Waals surface area contributed by atoms with Crippen molar-refractivity contribution in [2.24, 2.45) is 0 Å². The predicted octanol–water partition coefficient (Wildman–Crippen LogP) is 1.69. The molecule has 0 unspecified atom stereocenters. The van der Waals surface area contributed by atoms with Gasteiger partial charge in [0.25, 0.3) is 0 Å². The van der Waals surface area contributed by atoms with Gasteiger partial charge in [0.2, 0.25) is 0 Å². The Labute approximate surface area is 95.4 Å². The van der Waals surface area contributed by atoms with Crippen LogP contribution >= 0.6 is 0 Å². The molecule has 0 saturated heterocycles. The van der Waals surface area contributed by atoms with Crippen LogP contribution in [0.15, 0.2) is 18.2 Å². The van der Waals surface area contributed by atoms with E-state index in [1.54, 1.807) is 18.2 Å². The van der Waals surface area contributed by atoms with Gasteiger partial charge in [-0.3, -0.25) is 0 Å². The van der Waals surface area contributed by atoms with Crippen LogP contribution in [0.1, 0.15) is 18.4 Å². The molecule has 0 amide bonds. The second kappa shape index (κ2) is 7.09. The minimum atomic E-state index is 0.131. The van der Waals surface area contributed by atoms with Gasteiger partial charge in [-0.05, 0) is 30.5 Å². The lowest BCUT2D eigenvalue weighted by Gasteiger charge is -2.07. The molecule has 0 aromatic heterocycles. The molecule has 0 atom stereocenters. The fraction of sp³-hybridized carbons (Fsp3) is 0.500. The van der Waals surface area contributed by atoms with Crippen LogP contribution in [0.3, 0.4) is 0 Å². The largest absolute Gasteiger partial charge is 0.504 e. The molecule has 4 nitrogen and oxygen atoms in total. The smallest absolute Gasteiger partial charge is 0.160 e. The average molecular weight is 226 g/mol. The second-order valence-corrected chi connectivity index (χ2v) is 3.49. The van der Waals surface area contributed by atoms with Gasteiger partial charge in [0, 0.05) is 13.2 Å². The molecule has 0 spiro atoms. The predicted molar refractivity (Wildman–Crippen MR) is 60.6 cm³/mol. The second-order valence-electron chi connectivity index (χ2n) is 3.49. The van der Waals surface area contributed by atoms with E-state index in [1.807, 2.05) is 0 Å². The number of benzene rings is 1. The van der Waals surface area contributed by atoms with Gasteiger partial charge in [-0.1, -0.05) is 6.07 Å². The standard InChI is InChI=1S/C12H18O4/c1-15-12-8-10(4-5-11(12)14)9-16-7-3-2-6-13/h4-5,8,13-14H,2-3,6-7,9H2,1H3. The molecule has 0 heterocycles. The summed E-state index contributed by atoms with van der Waals surface area (Å²) in [5, 5.41) is 18.0. The molecule has 1 rings (SSSR count). The molecule has 0 saturated carbocycles. The van der Waals surface area contributed by atoms with E-state index in [0.717, 1.165) is 18.4 Å². The Morgan fingerprint density at radius 3 is 2.75 bits per heavy atom. The number of ether oxygens (including phenoxy) is 2. The highest BCUT2D eigenvalue weighted by Crippen LogP contribution is 2.26. The summed E-state index contributed by atoms with van der Waals surface area (Å²) in [5.41, 5.74) is 0.957. The number of phenolic OH excluding ortho intramolecular Hbond substituents is 1. The lowest BCUT2D eigenvalue weighted by atomic mass is 10.2. The fourth-order valence-corrected chi connectivity index (χ4v) is 1.32. The number of aromatic hydroxyl groups is 1. The molecular formula is C12H18O4. The van der Waals surface area contributed by atoms with Crippen LogP contribution in [0, 0.1) is 0 Å². The summed E-state index contributed by atoms with van der Waals surface area (Å²) in [4.78, 5) is 0. The third kappa shape index (κ3) is 4.08. The van der Waals surface area contributed by atoms with Gasteiger partial charge < -0.3 is 19.7 Å². The van der Waals surface area contributed by atoms with E-state index in [1.165, 1.54) is 7.11 Å². The molecule has 0 aliphatic rings. The van der Waals surface area contributed by atoms with Crippen molar-refractivity contribution in [3.05, 3.63) is 23.8 Å². The van der Waals surface area contributed by atoms with Crippen molar-refractivity contribution in [1.82, 2.24) is 0 Å². The summed E-state index contributed by atoms with van der Waals surface area (Å²) in [5.74, 6) is 0.586. The Morgan fingerprint density at radius 1 is 1.25 bits per heavy atom. The first-order chi connectivity index (χ1) is 7.77. The van der Waals surface area contributed by atoms with E-state index in [-0.39, 0.29) is 12.4 Å². The van der Waals surface area contributed by atoms with Crippen LogP contribution in [0.25, 0.3) is 0 Å². The van der Waals surface area contributed by atoms with Crippen molar-refractivity contribution >= 4 is 0 Å². The van der Waals surface area contributed by atoms with Crippen molar-refractivity contribution in [2.75, 3.05) is 20.3 Å². The third-order valence-corrected chi connectivity index (χ3v) is 2.21. The van der Waals surface area contributed by atoms with Gasteiger partial charge in [0.05, 0.1) is 13.7 Å². The van der Waals surface area contributed by atoms with E-state index >= 15 is 0 Å². The highest BCUT2D eigenvalue weighted by atomic mass is 16.5. The maximum absolute atomic E-state index is 9.38. The molecule has 90 valence electrons. The van der Waals surface area contributed by atoms with Crippen molar-refractivity contribution in [2.45, 2.75) is 19.4 Å². The van der Waals surface area contributed by atoms with Crippen molar-refractivity contribution < 1.29 is 19.7 Å². The summed E-state index contributed by atoms with van der Waals surface area (Å²) in [6, 6.07) is 5.14. The maximum Gasteiger partial charge on any atom is 0.160 e. The Kier molecular flexibility index (Phi) is 5.67. The molecule has 0 aliphatic heterocycles. The van der Waals surface area contributed by atoms with Crippen molar-refractivity contribution in [3.8, 4) is 11.5 Å². The molecule has 1 aromatic rings. The van der Waals surface area contributed by atoms with E-state index in [2.05, 4.69) is 0 Å². The van der Waals surface area contributed by atoms with Gasteiger partial charge in [0.1, 0.15) is 0 Å². The lowest BCUT2D eigenvalue weighted by molar-refractivity contribution is 0.112. The number of methoxy groups -OCH3 is 1. The topological polar surface area (TPSA) is 58.9 Å². The van der Waals surface area contributed by atoms with Crippen LogP contribution in [-0.4, -0.2) is 30.5 Å². The first-order valence-corrected chi connectivity index (χ1v) is 5.32. The molecule has 16 heavy (non-hydrogen) atoms. The van der Waals surface area contributed by atoms with Gasteiger partial charge >= 0.3 is 0 Å². The van der Waals surface area contributed by atoms with Crippen molar-refractivity contribution in [3.63, 3.8) is 0 Å². The van der Waals surface area contributed by atoms with Crippen LogP contribution < -0.4 is 4.74 Å². The fourth-order valence-electron chi connectivity index (χ4n) is 1.32. The molecule has 0 bridgehead atoms. The van der Waals surface area contributed by atoms with E-state index in [4.69, 9.17) is 14.6 Å². The van der Waals surface area contributed by atoms with Gasteiger partial charge in [-0.15, -0.1) is 0 Å². The number of aliphatic hydroxyl groups is 1. The normalized spacial score (nSPS) is 10.4. The van der Waals surface area contributed by atoms with Crippen LogP contribution in [-0.2, 0) is 11.3 Å². The van der Waals surface area contributed by atoms with Crippen LogP contribution in [0.4, 0.5) is 0 Å². The average Bonchev–Trinajstić information content (AvgIpc) is 2.31. The lowest BCUT2D eigenvalue weighted by Crippen LogP contribution is -1.97. The van der Waals surface area contributed by atoms with E-state index < -0.39 is 0 Å². The first-order valence-electron chi connectivity index (χ1n) is 5.32. The highest BCUT2D eigenvalue weighted by Gasteiger charge is 2.02. The minimum absolute atomic E-state index is 0.131. The monoisotopic (exact) mass is 226 g/mol. The van der Waals surface area contributed by atoms with Gasteiger partial charge in [-0.25, -0.2) is 0 Å². The number of hydrogen-bond acceptors (Lipinski definition) is 4. The van der Waals surface area contributed by atoms with Crippen molar-refractivity contribution in [1.29, 1.82) is 0 Å². The number of aliphatic hydroxyl groups excluding tert-OH is 1. The molecule has 0 aliphatic carbocycles. The zero-order chi connectivity index (χ0) is 11.8. The third-order valence-electron chi connectivity index (χ3n) is 2.21. The zero-order valence-electron chi connectivity index (χ0n) is 9.48. The first kappa shape index (κ1) is 12.8. The summed E-state index contributed by atoms with van der Waals surface area (Å²) < 4.78 is 10.4. The Morgan fingerprint density at radius 2 is 2.06 bits per heavy atom. The summed E-state index contributed by atoms with van der Waals surface area (Å²) in [6.45, 7) is 1.32. The zero-order valence-corrected chi connectivity index (χ0v) is 9.48. The maximum atomic E-state index is 9.38. The SMILES string of the molecule is COc1cc(COCCCCO)ccc1O.